The van der Waals surface area contributed by atoms with Crippen LogP contribution in [-0.2, 0) is 11.2 Å². The standard InChI is InChI=1S/C15H19N5O2/c1-11-8-12(17-10-16-11)2-3-13-9-20(6-7-22-13)15(21)14-4-5-18-19-14/h4-5,8,10,13H,2-3,6-7,9H2,1H3,(H,18,19)/t13-/m0/s1. The number of aryl methyl sites for hydroxylation is 2. The first-order valence-corrected chi connectivity index (χ1v) is 7.40. The number of ether oxygens (including phenoxy) is 1. The molecule has 0 aromatic carbocycles. The molecule has 1 fully saturated rings. The van der Waals surface area contributed by atoms with Gasteiger partial charge in [0.05, 0.1) is 12.7 Å². The first-order chi connectivity index (χ1) is 10.7. The Balaban J connectivity index is 1.55. The lowest BCUT2D eigenvalue weighted by molar-refractivity contribution is -0.0248. The van der Waals surface area contributed by atoms with Crippen molar-refractivity contribution in [3.05, 3.63) is 41.7 Å². The molecule has 1 aliphatic heterocycles. The van der Waals surface area contributed by atoms with E-state index >= 15 is 0 Å². The lowest BCUT2D eigenvalue weighted by Gasteiger charge is -2.32. The van der Waals surface area contributed by atoms with Gasteiger partial charge in [-0.3, -0.25) is 9.89 Å². The van der Waals surface area contributed by atoms with Gasteiger partial charge in [0.1, 0.15) is 12.0 Å². The van der Waals surface area contributed by atoms with Gasteiger partial charge in [0, 0.05) is 30.7 Å². The number of hydrogen-bond acceptors (Lipinski definition) is 5. The minimum Gasteiger partial charge on any atom is -0.375 e. The summed E-state index contributed by atoms with van der Waals surface area (Å²) >= 11 is 0. The van der Waals surface area contributed by atoms with Gasteiger partial charge in [0.25, 0.3) is 5.91 Å². The Morgan fingerprint density at radius 3 is 3.18 bits per heavy atom. The van der Waals surface area contributed by atoms with Gasteiger partial charge in [-0.15, -0.1) is 0 Å². The lowest BCUT2D eigenvalue weighted by Crippen LogP contribution is -2.45. The van der Waals surface area contributed by atoms with Gasteiger partial charge in [0.15, 0.2) is 0 Å². The van der Waals surface area contributed by atoms with Crippen LogP contribution in [0.2, 0.25) is 0 Å². The molecule has 0 radical (unpaired) electrons. The van der Waals surface area contributed by atoms with E-state index < -0.39 is 0 Å². The second-order valence-electron chi connectivity index (χ2n) is 5.40. The summed E-state index contributed by atoms with van der Waals surface area (Å²) in [5.41, 5.74) is 2.49. The zero-order valence-electron chi connectivity index (χ0n) is 12.5. The van der Waals surface area contributed by atoms with Crippen LogP contribution in [0.4, 0.5) is 0 Å². The van der Waals surface area contributed by atoms with Gasteiger partial charge in [-0.05, 0) is 31.9 Å². The molecular formula is C15H19N5O2. The molecular weight excluding hydrogens is 282 g/mol. The fourth-order valence-electron chi connectivity index (χ4n) is 2.58. The number of aromatic nitrogens is 4. The Hall–Kier alpha value is -2.28. The monoisotopic (exact) mass is 301 g/mol. The quantitative estimate of drug-likeness (QED) is 0.910. The third-order valence-electron chi connectivity index (χ3n) is 3.74. The van der Waals surface area contributed by atoms with Crippen molar-refractivity contribution in [3.63, 3.8) is 0 Å². The van der Waals surface area contributed by atoms with Crippen molar-refractivity contribution >= 4 is 5.91 Å². The Morgan fingerprint density at radius 2 is 2.41 bits per heavy atom. The number of nitrogens with one attached hydrogen (secondary N) is 1. The third-order valence-corrected chi connectivity index (χ3v) is 3.74. The molecule has 2 aromatic heterocycles. The Bertz CT molecular complexity index is 629. The maximum absolute atomic E-state index is 12.3. The van der Waals surface area contributed by atoms with Crippen LogP contribution < -0.4 is 0 Å². The van der Waals surface area contributed by atoms with Crippen molar-refractivity contribution in [1.82, 2.24) is 25.1 Å². The zero-order chi connectivity index (χ0) is 15.4. The Morgan fingerprint density at radius 1 is 1.50 bits per heavy atom. The zero-order valence-corrected chi connectivity index (χ0v) is 12.5. The summed E-state index contributed by atoms with van der Waals surface area (Å²) in [6.45, 7) is 3.73. The average molecular weight is 301 g/mol. The second-order valence-corrected chi connectivity index (χ2v) is 5.40. The molecule has 7 heteroatoms. The number of H-pyrrole nitrogens is 1. The van der Waals surface area contributed by atoms with Crippen LogP contribution in [0.3, 0.4) is 0 Å². The number of carbonyl (C=O) groups excluding carboxylic acids is 1. The van der Waals surface area contributed by atoms with Gasteiger partial charge in [0.2, 0.25) is 0 Å². The van der Waals surface area contributed by atoms with Gasteiger partial charge in [-0.25, -0.2) is 9.97 Å². The van der Waals surface area contributed by atoms with Crippen LogP contribution in [0.1, 0.15) is 28.3 Å². The molecule has 1 atom stereocenters. The number of amides is 1. The first-order valence-electron chi connectivity index (χ1n) is 7.40. The van der Waals surface area contributed by atoms with Crippen molar-refractivity contribution in [3.8, 4) is 0 Å². The molecule has 1 aliphatic rings. The van der Waals surface area contributed by atoms with Gasteiger partial charge >= 0.3 is 0 Å². The molecule has 1 N–H and O–H groups in total. The van der Waals surface area contributed by atoms with E-state index in [0.29, 0.717) is 25.4 Å². The van der Waals surface area contributed by atoms with E-state index in [2.05, 4.69) is 20.2 Å². The lowest BCUT2D eigenvalue weighted by atomic mass is 10.1. The van der Waals surface area contributed by atoms with Crippen LogP contribution in [0.25, 0.3) is 0 Å². The molecule has 22 heavy (non-hydrogen) atoms. The highest BCUT2D eigenvalue weighted by Gasteiger charge is 2.25. The van der Waals surface area contributed by atoms with Crippen LogP contribution in [-0.4, -0.2) is 56.8 Å². The minimum absolute atomic E-state index is 0.0244. The van der Waals surface area contributed by atoms with Crippen molar-refractivity contribution in [2.45, 2.75) is 25.9 Å². The summed E-state index contributed by atoms with van der Waals surface area (Å²) in [6.07, 6.45) is 4.86. The summed E-state index contributed by atoms with van der Waals surface area (Å²) < 4.78 is 5.76. The molecule has 3 heterocycles. The molecule has 0 bridgehead atoms. The summed E-state index contributed by atoms with van der Waals surface area (Å²) in [4.78, 5) is 22.5. The SMILES string of the molecule is Cc1cc(CC[C@H]2CN(C(=O)c3ccn[nH]3)CCO2)ncn1. The summed E-state index contributed by atoms with van der Waals surface area (Å²) in [6, 6.07) is 3.67. The highest BCUT2D eigenvalue weighted by Crippen LogP contribution is 2.14. The number of rotatable bonds is 4. The van der Waals surface area contributed by atoms with Gasteiger partial charge in [-0.1, -0.05) is 0 Å². The largest absolute Gasteiger partial charge is 0.375 e. The second kappa shape index (κ2) is 6.65. The van der Waals surface area contributed by atoms with Gasteiger partial charge < -0.3 is 9.64 Å². The number of aromatic amines is 1. The van der Waals surface area contributed by atoms with E-state index in [9.17, 15) is 4.79 Å². The maximum Gasteiger partial charge on any atom is 0.272 e. The predicted octanol–water partition coefficient (Wildman–Crippen LogP) is 0.982. The molecule has 1 amide bonds. The smallest absolute Gasteiger partial charge is 0.272 e. The maximum atomic E-state index is 12.3. The van der Waals surface area contributed by atoms with E-state index in [-0.39, 0.29) is 12.0 Å². The van der Waals surface area contributed by atoms with Crippen LogP contribution >= 0.6 is 0 Å². The van der Waals surface area contributed by atoms with Crippen molar-refractivity contribution in [1.29, 1.82) is 0 Å². The molecule has 0 unspecified atom stereocenters. The van der Waals surface area contributed by atoms with Crippen LogP contribution in [0.5, 0.6) is 0 Å². The molecule has 3 rings (SSSR count). The fraction of sp³-hybridized carbons (Fsp3) is 0.467. The number of carbonyl (C=O) groups is 1. The topological polar surface area (TPSA) is 84.0 Å². The summed E-state index contributed by atoms with van der Waals surface area (Å²) in [5, 5.41) is 6.54. The highest BCUT2D eigenvalue weighted by atomic mass is 16.5. The van der Waals surface area contributed by atoms with Crippen molar-refractivity contribution in [2.24, 2.45) is 0 Å². The van der Waals surface area contributed by atoms with E-state index in [1.165, 1.54) is 0 Å². The van der Waals surface area contributed by atoms with Crippen LogP contribution in [0, 0.1) is 6.92 Å². The van der Waals surface area contributed by atoms with Crippen LogP contribution in [0.15, 0.2) is 24.7 Å². The van der Waals surface area contributed by atoms with E-state index in [1.807, 2.05) is 17.9 Å². The molecule has 0 aliphatic carbocycles. The third kappa shape index (κ3) is 3.48. The normalized spacial score (nSPS) is 18.4. The number of nitrogens with zero attached hydrogens (tertiary/aromatic N) is 4. The van der Waals surface area contributed by atoms with E-state index in [1.54, 1.807) is 18.6 Å². The molecule has 116 valence electrons. The number of hydrogen-bond donors (Lipinski definition) is 1. The van der Waals surface area contributed by atoms with Crippen molar-refractivity contribution < 1.29 is 9.53 Å². The Kier molecular flexibility index (Phi) is 4.43. The molecule has 2 aromatic rings. The first kappa shape index (κ1) is 14.6. The highest BCUT2D eigenvalue weighted by molar-refractivity contribution is 5.92. The fourth-order valence-corrected chi connectivity index (χ4v) is 2.58. The Labute approximate surface area is 128 Å². The summed E-state index contributed by atoms with van der Waals surface area (Å²) in [7, 11) is 0. The molecule has 0 saturated carbocycles. The summed E-state index contributed by atoms with van der Waals surface area (Å²) in [5.74, 6) is -0.0244. The van der Waals surface area contributed by atoms with Crippen molar-refractivity contribution in [2.75, 3.05) is 19.7 Å². The average Bonchev–Trinajstić information content (AvgIpc) is 3.07. The minimum atomic E-state index is -0.0244. The molecule has 7 nitrogen and oxygen atoms in total. The van der Waals surface area contributed by atoms with E-state index in [0.717, 1.165) is 24.2 Å². The predicted molar refractivity (Wildman–Crippen MR) is 79.3 cm³/mol. The molecule has 0 spiro atoms. The van der Waals surface area contributed by atoms with Gasteiger partial charge in [-0.2, -0.15) is 5.10 Å². The molecule has 1 saturated heterocycles. The van der Waals surface area contributed by atoms with E-state index in [4.69, 9.17) is 4.74 Å². The number of morpholine rings is 1.